The zero-order chi connectivity index (χ0) is 27.8. The van der Waals surface area contributed by atoms with Gasteiger partial charge in [0.2, 0.25) is 0 Å². The van der Waals surface area contributed by atoms with Crippen LogP contribution < -0.4 is 33.4 Å². The van der Waals surface area contributed by atoms with Gasteiger partial charge < -0.3 is 0 Å². The van der Waals surface area contributed by atoms with Crippen LogP contribution in [0.2, 0.25) is 0 Å². The van der Waals surface area contributed by atoms with Crippen molar-refractivity contribution in [2.75, 3.05) is 28.4 Å². The van der Waals surface area contributed by atoms with E-state index in [1.54, 1.807) is 28.4 Å². The average Bonchev–Trinajstić information content (AvgIpc) is 2.97. The number of hydrogen-bond donors (Lipinski definition) is 0. The van der Waals surface area contributed by atoms with Gasteiger partial charge in [0.15, 0.2) is 0 Å². The molecule has 0 saturated carbocycles. The standard InChI is InChI=1S/2C14H14I2O2Te/c2*1-17-11-3-7-13(8-4-11)19(15,16)14-9-5-12(18-2)6-10-14/h2*3-10H,1-2H3. The van der Waals surface area contributed by atoms with Crippen molar-refractivity contribution < 1.29 is 18.9 Å². The van der Waals surface area contributed by atoms with Gasteiger partial charge in [0.1, 0.15) is 0 Å². The summed E-state index contributed by atoms with van der Waals surface area (Å²) in [6, 6.07) is 33.8. The Kier molecular flexibility index (Phi) is 13.7. The van der Waals surface area contributed by atoms with Crippen molar-refractivity contribution >= 4 is 110 Å². The summed E-state index contributed by atoms with van der Waals surface area (Å²) in [6.07, 6.45) is 0. The first-order valence-corrected chi connectivity index (χ1v) is 43.0. The quantitative estimate of drug-likeness (QED) is 0.155. The fourth-order valence-corrected chi connectivity index (χ4v) is 26.0. The van der Waals surface area contributed by atoms with Crippen molar-refractivity contribution in [3.8, 4) is 23.0 Å². The number of methoxy groups -OCH3 is 4. The van der Waals surface area contributed by atoms with E-state index < -0.39 is 20.6 Å². The van der Waals surface area contributed by atoms with Crippen LogP contribution in [-0.2, 0) is 0 Å². The van der Waals surface area contributed by atoms with Crippen molar-refractivity contribution in [3.63, 3.8) is 0 Å². The van der Waals surface area contributed by atoms with Crippen molar-refractivity contribution in [1.29, 1.82) is 0 Å². The molecule has 38 heavy (non-hydrogen) atoms. The first-order valence-electron chi connectivity index (χ1n) is 11.2. The Morgan fingerprint density at radius 2 is 0.500 bits per heavy atom. The molecule has 4 aromatic rings. The van der Waals surface area contributed by atoms with Crippen LogP contribution in [0.5, 0.6) is 23.0 Å². The molecule has 0 aliphatic heterocycles. The minimum absolute atomic E-state index is 0.907. The van der Waals surface area contributed by atoms with E-state index in [0.29, 0.717) is 0 Å². The first kappa shape index (κ1) is 33.1. The number of hydrogen-bond acceptors (Lipinski definition) is 4. The topological polar surface area (TPSA) is 36.9 Å². The molecule has 0 spiro atoms. The third-order valence-corrected chi connectivity index (χ3v) is 42.6. The van der Waals surface area contributed by atoms with Crippen molar-refractivity contribution in [2.24, 2.45) is 0 Å². The molecule has 4 nitrogen and oxygen atoms in total. The molecule has 0 aliphatic carbocycles. The molecular formula is C28H28I4O4Te2. The normalized spacial score (nSPS) is 12.0. The summed E-state index contributed by atoms with van der Waals surface area (Å²) in [5, 5.41) is 0. The second-order valence-electron chi connectivity index (χ2n) is 7.64. The fraction of sp³-hybridized carbons (Fsp3) is 0.143. The van der Waals surface area contributed by atoms with Gasteiger partial charge in [-0.3, -0.25) is 0 Å². The Morgan fingerprint density at radius 1 is 0.342 bits per heavy atom. The predicted octanol–water partition coefficient (Wildman–Crippen LogP) is 6.26. The van der Waals surface area contributed by atoms with E-state index >= 15 is 0 Å². The van der Waals surface area contributed by atoms with Crippen LogP contribution >= 0.6 is 74.8 Å². The third kappa shape index (κ3) is 8.79. The molecule has 0 heterocycles. The van der Waals surface area contributed by atoms with Crippen LogP contribution in [0, 0.1) is 0 Å². The predicted molar refractivity (Wildman–Crippen MR) is 198 cm³/mol. The molecule has 0 radical (unpaired) electrons. The second-order valence-corrected chi connectivity index (χ2v) is 76.4. The van der Waals surface area contributed by atoms with E-state index in [1.807, 2.05) is 48.5 Å². The zero-order valence-corrected chi connectivity index (χ0v) is 34.5. The van der Waals surface area contributed by atoms with Gasteiger partial charge in [-0.25, -0.2) is 0 Å². The summed E-state index contributed by atoms with van der Waals surface area (Å²) in [7, 11) is 2.21. The molecule has 4 rings (SSSR count). The number of rotatable bonds is 8. The minimum atomic E-state index is -2.28. The van der Waals surface area contributed by atoms with Crippen LogP contribution in [0.25, 0.3) is 0 Å². The average molecular weight is 1190 g/mol. The molecule has 10 heteroatoms. The van der Waals surface area contributed by atoms with Gasteiger partial charge in [-0.2, -0.15) is 0 Å². The molecule has 0 saturated heterocycles. The van der Waals surface area contributed by atoms with Gasteiger partial charge >= 0.3 is 277 Å². The van der Waals surface area contributed by atoms with Gasteiger partial charge in [0.05, 0.1) is 0 Å². The summed E-state index contributed by atoms with van der Waals surface area (Å²) < 4.78 is 26.6. The molecule has 0 unspecified atom stereocenters. The number of halogens is 4. The first-order chi connectivity index (χ1) is 18.1. The van der Waals surface area contributed by atoms with Gasteiger partial charge in [0, 0.05) is 0 Å². The monoisotopic (exact) mass is 1200 g/mol. The van der Waals surface area contributed by atoms with Crippen LogP contribution in [0.3, 0.4) is 0 Å². The van der Waals surface area contributed by atoms with E-state index in [-0.39, 0.29) is 0 Å². The number of benzene rings is 4. The third-order valence-electron chi connectivity index (χ3n) is 5.42. The van der Waals surface area contributed by atoms with E-state index in [9.17, 15) is 0 Å². The van der Waals surface area contributed by atoms with Crippen LogP contribution in [0.1, 0.15) is 0 Å². The Morgan fingerprint density at radius 3 is 0.632 bits per heavy atom. The molecule has 0 amide bonds. The molecular weight excluding hydrogens is 1160 g/mol. The molecule has 0 aromatic heterocycles. The Bertz CT molecular complexity index is 1080. The Labute approximate surface area is 272 Å². The molecule has 0 fully saturated rings. The summed E-state index contributed by atoms with van der Waals surface area (Å²) >= 11 is 10.6. The van der Waals surface area contributed by atoms with Crippen LogP contribution in [-0.4, -0.2) is 49.0 Å². The number of ether oxygens (including phenoxy) is 4. The summed E-state index contributed by atoms with van der Waals surface area (Å²) in [5.41, 5.74) is 0. The SMILES string of the molecule is COc1ccc([Te](I)(I)c2ccc(OC)cc2)cc1.COc1ccc([Te](I)(I)c2ccc(OC)cc2)cc1. The molecule has 0 atom stereocenters. The molecule has 4 aromatic carbocycles. The molecule has 0 bridgehead atoms. The molecule has 0 aliphatic rings. The molecule has 204 valence electrons. The Hall–Kier alpha value is 0.579. The van der Waals surface area contributed by atoms with E-state index in [0.717, 1.165) is 23.0 Å². The van der Waals surface area contributed by atoms with Gasteiger partial charge in [-0.1, -0.05) is 0 Å². The van der Waals surface area contributed by atoms with Gasteiger partial charge in [-0.05, 0) is 0 Å². The maximum absolute atomic E-state index is 5.22. The van der Waals surface area contributed by atoms with E-state index in [4.69, 9.17) is 18.9 Å². The fourth-order valence-electron chi connectivity index (χ4n) is 3.26. The van der Waals surface area contributed by atoms with Gasteiger partial charge in [0.25, 0.3) is 0 Å². The Balaban J connectivity index is 0.000000211. The van der Waals surface area contributed by atoms with Crippen LogP contribution in [0.15, 0.2) is 97.1 Å². The van der Waals surface area contributed by atoms with Crippen molar-refractivity contribution in [3.05, 3.63) is 97.1 Å². The summed E-state index contributed by atoms with van der Waals surface area (Å²) in [4.78, 5) is 0. The van der Waals surface area contributed by atoms with Crippen molar-refractivity contribution in [2.45, 2.75) is 0 Å². The zero-order valence-electron chi connectivity index (χ0n) is 21.2. The van der Waals surface area contributed by atoms with Crippen molar-refractivity contribution in [1.82, 2.24) is 0 Å². The summed E-state index contributed by atoms with van der Waals surface area (Å²) in [5.74, 6) is 3.63. The van der Waals surface area contributed by atoms with E-state index in [1.165, 1.54) is 14.4 Å². The molecule has 0 N–H and O–H groups in total. The van der Waals surface area contributed by atoms with Gasteiger partial charge in [-0.15, -0.1) is 0 Å². The van der Waals surface area contributed by atoms with Crippen LogP contribution in [0.4, 0.5) is 0 Å². The maximum atomic E-state index is 5.22. The second kappa shape index (κ2) is 15.7. The van der Waals surface area contributed by atoms with E-state index in [2.05, 4.69) is 123 Å². The summed E-state index contributed by atoms with van der Waals surface area (Å²) in [6.45, 7) is 0.